The van der Waals surface area contributed by atoms with E-state index in [0.29, 0.717) is 10.7 Å². The Morgan fingerprint density at radius 1 is 1.04 bits per heavy atom. The molecule has 0 unspecified atom stereocenters. The minimum Gasteiger partial charge on any atom is -0.371 e. The summed E-state index contributed by atoms with van der Waals surface area (Å²) < 4.78 is 28.5. The van der Waals surface area contributed by atoms with Gasteiger partial charge in [0.25, 0.3) is 10.0 Å². The minimum atomic E-state index is -3.67. The predicted molar refractivity (Wildman–Crippen MR) is 114 cm³/mol. The largest absolute Gasteiger partial charge is 0.371 e. The van der Waals surface area contributed by atoms with E-state index in [2.05, 4.69) is 29.5 Å². The second kappa shape index (κ2) is 7.72. The van der Waals surface area contributed by atoms with Gasteiger partial charge in [0.2, 0.25) is 0 Å². The van der Waals surface area contributed by atoms with Crippen LogP contribution in [0.15, 0.2) is 35.2 Å². The van der Waals surface area contributed by atoms with Gasteiger partial charge in [-0.3, -0.25) is 4.72 Å². The summed E-state index contributed by atoms with van der Waals surface area (Å²) in [5, 5.41) is 0.512. The number of rotatable bonds is 4. The van der Waals surface area contributed by atoms with Gasteiger partial charge in [-0.25, -0.2) is 8.42 Å². The fourth-order valence-corrected chi connectivity index (χ4v) is 5.18. The van der Waals surface area contributed by atoms with Gasteiger partial charge in [-0.1, -0.05) is 24.6 Å². The Hall–Kier alpha value is -1.72. The number of anilines is 2. The van der Waals surface area contributed by atoms with Gasteiger partial charge in [-0.15, -0.1) is 0 Å². The molecule has 0 aromatic heterocycles. The molecule has 6 heteroatoms. The highest BCUT2D eigenvalue weighted by molar-refractivity contribution is 7.92. The van der Waals surface area contributed by atoms with Crippen molar-refractivity contribution in [2.45, 2.75) is 45.4 Å². The van der Waals surface area contributed by atoms with Crippen LogP contribution in [0.3, 0.4) is 0 Å². The van der Waals surface area contributed by atoms with Crippen molar-refractivity contribution < 1.29 is 8.42 Å². The molecule has 0 atom stereocenters. The first-order valence-corrected chi connectivity index (χ1v) is 11.2. The molecule has 4 nitrogen and oxygen atoms in total. The molecule has 0 saturated carbocycles. The van der Waals surface area contributed by atoms with Crippen molar-refractivity contribution in [2.24, 2.45) is 5.92 Å². The summed E-state index contributed by atoms with van der Waals surface area (Å²) in [5.41, 5.74) is 4.93. The summed E-state index contributed by atoms with van der Waals surface area (Å²) in [6, 6.07) is 8.30. The van der Waals surface area contributed by atoms with Crippen molar-refractivity contribution in [1.82, 2.24) is 0 Å². The monoisotopic (exact) mass is 406 g/mol. The fourth-order valence-electron chi connectivity index (χ4n) is 3.86. The zero-order valence-corrected chi connectivity index (χ0v) is 17.9. The molecule has 1 heterocycles. The maximum Gasteiger partial charge on any atom is 0.261 e. The maximum atomic E-state index is 12.9. The quantitative estimate of drug-likeness (QED) is 0.749. The van der Waals surface area contributed by atoms with Gasteiger partial charge in [0.05, 0.1) is 10.6 Å². The molecule has 27 heavy (non-hydrogen) atoms. The molecule has 1 aliphatic rings. The van der Waals surface area contributed by atoms with E-state index >= 15 is 0 Å². The van der Waals surface area contributed by atoms with Crippen LogP contribution >= 0.6 is 11.6 Å². The summed E-state index contributed by atoms with van der Waals surface area (Å²) in [5.74, 6) is 0.746. The van der Waals surface area contributed by atoms with Crippen LogP contribution in [-0.4, -0.2) is 21.5 Å². The van der Waals surface area contributed by atoms with Crippen LogP contribution in [0.2, 0.25) is 5.02 Å². The highest BCUT2D eigenvalue weighted by Crippen LogP contribution is 2.36. The van der Waals surface area contributed by atoms with Crippen molar-refractivity contribution in [1.29, 1.82) is 0 Å². The van der Waals surface area contributed by atoms with E-state index in [4.69, 9.17) is 11.6 Å². The molecule has 3 rings (SSSR count). The zero-order valence-electron chi connectivity index (χ0n) is 16.3. The highest BCUT2D eigenvalue weighted by atomic mass is 35.5. The van der Waals surface area contributed by atoms with Gasteiger partial charge in [0, 0.05) is 23.8 Å². The van der Waals surface area contributed by atoms with Crippen LogP contribution in [0.1, 0.15) is 36.5 Å². The van der Waals surface area contributed by atoms with Gasteiger partial charge >= 0.3 is 0 Å². The van der Waals surface area contributed by atoms with E-state index in [1.807, 2.05) is 13.8 Å². The molecule has 2 aromatic rings. The van der Waals surface area contributed by atoms with E-state index < -0.39 is 10.0 Å². The van der Waals surface area contributed by atoms with E-state index in [0.717, 1.165) is 35.8 Å². The van der Waals surface area contributed by atoms with Gasteiger partial charge in [-0.05, 0) is 80.5 Å². The van der Waals surface area contributed by atoms with Crippen LogP contribution in [0.5, 0.6) is 0 Å². The van der Waals surface area contributed by atoms with E-state index in [-0.39, 0.29) is 4.90 Å². The fraction of sp³-hybridized carbons (Fsp3) is 0.429. The Labute approximate surface area is 167 Å². The number of hydrogen-bond donors (Lipinski definition) is 1. The summed E-state index contributed by atoms with van der Waals surface area (Å²) in [6.07, 6.45) is 2.33. The number of aryl methyl sites for hydroxylation is 2. The Balaban J connectivity index is 1.98. The molecule has 146 valence electrons. The standard InChI is InChI=1S/C21H27ClN2O2S/c1-14-9-11-24(12-10-14)21-16(3)13-15(2)20(17(21)4)23-27(25,26)19-7-5-18(22)6-8-19/h5-8,13-14,23H,9-12H2,1-4H3. The number of nitrogens with one attached hydrogen (secondary N) is 1. The molecule has 0 amide bonds. The summed E-state index contributed by atoms with van der Waals surface area (Å²) in [6.45, 7) is 10.4. The molecule has 0 bridgehead atoms. The first-order chi connectivity index (χ1) is 12.7. The Morgan fingerprint density at radius 2 is 1.63 bits per heavy atom. The molecule has 0 radical (unpaired) electrons. The lowest BCUT2D eigenvalue weighted by Crippen LogP contribution is -2.34. The Kier molecular flexibility index (Phi) is 5.73. The molecule has 2 aromatic carbocycles. The first kappa shape index (κ1) is 20.0. The number of piperidine rings is 1. The molecule has 1 saturated heterocycles. The first-order valence-electron chi connectivity index (χ1n) is 9.33. The van der Waals surface area contributed by atoms with Gasteiger partial charge in [0.15, 0.2) is 0 Å². The van der Waals surface area contributed by atoms with Crippen LogP contribution in [0.25, 0.3) is 0 Å². The summed E-state index contributed by atoms with van der Waals surface area (Å²) in [4.78, 5) is 2.60. The number of hydrogen-bond acceptors (Lipinski definition) is 3. The van der Waals surface area contributed by atoms with Gasteiger partial charge in [0.1, 0.15) is 0 Å². The number of benzene rings is 2. The van der Waals surface area contributed by atoms with Crippen LogP contribution in [0.4, 0.5) is 11.4 Å². The number of nitrogens with zero attached hydrogens (tertiary/aromatic N) is 1. The van der Waals surface area contributed by atoms with Crippen LogP contribution in [0, 0.1) is 26.7 Å². The molecular formula is C21H27ClN2O2S. The molecule has 0 spiro atoms. The van der Waals surface area contributed by atoms with Gasteiger partial charge < -0.3 is 4.90 Å². The van der Waals surface area contributed by atoms with Crippen molar-refractivity contribution in [3.8, 4) is 0 Å². The topological polar surface area (TPSA) is 49.4 Å². The van der Waals surface area contributed by atoms with Crippen molar-refractivity contribution in [3.63, 3.8) is 0 Å². The average Bonchev–Trinajstić information content (AvgIpc) is 2.60. The lowest BCUT2D eigenvalue weighted by atomic mass is 9.95. The lowest BCUT2D eigenvalue weighted by molar-refractivity contribution is 0.438. The third kappa shape index (κ3) is 4.25. The zero-order chi connectivity index (χ0) is 19.8. The SMILES string of the molecule is Cc1cc(C)c(N2CCC(C)CC2)c(C)c1NS(=O)(=O)c1ccc(Cl)cc1. The number of sulfonamides is 1. The lowest BCUT2D eigenvalue weighted by Gasteiger charge is -2.35. The Bertz CT molecular complexity index is 932. The number of halogens is 1. The Morgan fingerprint density at radius 3 is 2.22 bits per heavy atom. The van der Waals surface area contributed by atoms with E-state index in [1.165, 1.54) is 30.5 Å². The summed E-state index contributed by atoms with van der Waals surface area (Å²) in [7, 11) is -3.67. The van der Waals surface area contributed by atoms with Crippen molar-refractivity contribution in [2.75, 3.05) is 22.7 Å². The highest BCUT2D eigenvalue weighted by Gasteiger charge is 2.23. The third-order valence-electron chi connectivity index (χ3n) is 5.39. The van der Waals surface area contributed by atoms with Crippen molar-refractivity contribution >= 4 is 33.0 Å². The van der Waals surface area contributed by atoms with Crippen LogP contribution < -0.4 is 9.62 Å². The molecule has 1 aliphatic heterocycles. The smallest absolute Gasteiger partial charge is 0.261 e. The summed E-state index contributed by atoms with van der Waals surface area (Å²) >= 11 is 5.89. The normalized spacial score (nSPS) is 15.8. The average molecular weight is 407 g/mol. The second-order valence-electron chi connectivity index (χ2n) is 7.59. The van der Waals surface area contributed by atoms with E-state index in [9.17, 15) is 8.42 Å². The molecule has 0 aliphatic carbocycles. The van der Waals surface area contributed by atoms with Crippen LogP contribution in [-0.2, 0) is 10.0 Å². The minimum absolute atomic E-state index is 0.208. The second-order valence-corrected chi connectivity index (χ2v) is 9.71. The van der Waals surface area contributed by atoms with Gasteiger partial charge in [-0.2, -0.15) is 0 Å². The molecular weight excluding hydrogens is 380 g/mol. The molecule has 1 N–H and O–H groups in total. The maximum absolute atomic E-state index is 12.9. The third-order valence-corrected chi connectivity index (χ3v) is 7.01. The molecule has 1 fully saturated rings. The van der Waals surface area contributed by atoms with E-state index in [1.54, 1.807) is 12.1 Å². The van der Waals surface area contributed by atoms with Crippen molar-refractivity contribution in [3.05, 3.63) is 52.0 Å². The predicted octanol–water partition coefficient (Wildman–Crippen LogP) is 5.30.